The molecule has 0 aliphatic rings. The molecule has 0 aliphatic heterocycles. The smallest absolute Gasteiger partial charge is 0.389 e. The van der Waals surface area contributed by atoms with Crippen LogP contribution in [0.3, 0.4) is 0 Å². The maximum absolute atomic E-state index is 14.3. The maximum Gasteiger partial charge on any atom is 0.389 e. The van der Waals surface area contributed by atoms with Gasteiger partial charge in [-0.1, -0.05) is 6.07 Å². The summed E-state index contributed by atoms with van der Waals surface area (Å²) in [6, 6.07) is 11.6. The van der Waals surface area contributed by atoms with Crippen LogP contribution in [0.2, 0.25) is 0 Å². The summed E-state index contributed by atoms with van der Waals surface area (Å²) in [5, 5.41) is 2.78. The topological polar surface area (TPSA) is 68.5 Å². The molecule has 4 rings (SSSR count). The van der Waals surface area contributed by atoms with Crippen molar-refractivity contribution >= 4 is 22.8 Å². The molecule has 0 spiro atoms. The molecule has 0 saturated carbocycles. The lowest BCUT2D eigenvalue weighted by atomic mass is 9.92. The van der Waals surface area contributed by atoms with Crippen LogP contribution in [-0.2, 0) is 11.2 Å². The van der Waals surface area contributed by atoms with Gasteiger partial charge in [-0.25, -0.2) is 13.6 Å². The predicted molar refractivity (Wildman–Crippen MR) is 126 cm³/mol. The Morgan fingerprint density at radius 3 is 2.27 bits per heavy atom. The van der Waals surface area contributed by atoms with Gasteiger partial charge in [0, 0.05) is 24.4 Å². The van der Waals surface area contributed by atoms with Gasteiger partial charge in [0.25, 0.3) is 5.91 Å². The number of aryl methyl sites for hydroxylation is 1. The Labute approximate surface area is 207 Å². The van der Waals surface area contributed by atoms with Gasteiger partial charge < -0.3 is 14.5 Å². The number of rotatable bonds is 6. The van der Waals surface area contributed by atoms with Crippen molar-refractivity contribution in [2.75, 3.05) is 14.2 Å². The second-order valence-corrected chi connectivity index (χ2v) is 8.20. The maximum atomic E-state index is 14.3. The average Bonchev–Trinajstić information content (AvgIpc) is 3.24. The molecule has 0 radical (unpaired) electrons. The molecule has 10 heteroatoms. The van der Waals surface area contributed by atoms with Crippen molar-refractivity contribution < 1.29 is 40.7 Å². The van der Waals surface area contributed by atoms with Crippen LogP contribution >= 0.6 is 0 Å². The van der Waals surface area contributed by atoms with E-state index in [1.54, 1.807) is 0 Å². The molecule has 4 aromatic rings. The van der Waals surface area contributed by atoms with Gasteiger partial charge in [-0.05, 0) is 71.6 Å². The Bertz CT molecular complexity index is 1490. The number of nitrogens with one attached hydrogen (secondary N) is 1. The monoisotopic (exact) mass is 517 g/mol. The van der Waals surface area contributed by atoms with E-state index in [9.17, 15) is 31.5 Å². The Morgan fingerprint density at radius 1 is 0.973 bits per heavy atom. The molecule has 5 nitrogen and oxygen atoms in total. The SMILES string of the molecule is CNC(=O)c1c(-c2ccc(F)cc2)oc2cc(CCC(F)(F)F)c(-c3ccc(F)c(C(=O)OC)c3)cc12. The minimum Gasteiger partial charge on any atom is -0.465 e. The molecule has 1 N–H and O–H groups in total. The van der Waals surface area contributed by atoms with Gasteiger partial charge in [0.05, 0.1) is 18.2 Å². The molecular weight excluding hydrogens is 497 g/mol. The number of esters is 1. The molecule has 0 atom stereocenters. The first-order chi connectivity index (χ1) is 17.5. The van der Waals surface area contributed by atoms with Crippen molar-refractivity contribution in [3.8, 4) is 22.5 Å². The molecule has 37 heavy (non-hydrogen) atoms. The summed E-state index contributed by atoms with van der Waals surface area (Å²) in [7, 11) is 2.48. The van der Waals surface area contributed by atoms with Crippen LogP contribution in [0, 0.1) is 11.6 Å². The lowest BCUT2D eigenvalue weighted by Crippen LogP contribution is -2.18. The Morgan fingerprint density at radius 2 is 1.65 bits per heavy atom. The Kier molecular flexibility index (Phi) is 7.02. The minimum absolute atomic E-state index is 0.0861. The standard InChI is InChI=1S/C27H20F5NO4/c1-33-25(34)23-20-13-18(15-5-8-21(29)19(11-15)26(35)36-2)16(9-10-27(30,31)32)12-22(20)37-24(23)14-3-6-17(28)7-4-14/h3-8,11-13H,9-10H2,1-2H3,(H,33,34). The number of hydrogen-bond acceptors (Lipinski definition) is 4. The summed E-state index contributed by atoms with van der Waals surface area (Å²) in [6.07, 6.45) is -6.05. The number of amides is 1. The van der Waals surface area contributed by atoms with Crippen LogP contribution in [-0.4, -0.2) is 32.2 Å². The number of fused-ring (bicyclic) bond motifs is 1. The summed E-state index contributed by atoms with van der Waals surface area (Å²) in [5.41, 5.74) is 0.899. The summed E-state index contributed by atoms with van der Waals surface area (Å²) in [4.78, 5) is 24.9. The van der Waals surface area contributed by atoms with Gasteiger partial charge in [0.15, 0.2) is 0 Å². The van der Waals surface area contributed by atoms with E-state index in [2.05, 4.69) is 10.1 Å². The van der Waals surface area contributed by atoms with Crippen LogP contribution in [0.25, 0.3) is 33.4 Å². The summed E-state index contributed by atoms with van der Waals surface area (Å²) >= 11 is 0. The number of ether oxygens (including phenoxy) is 1. The quantitative estimate of drug-likeness (QED) is 0.229. The van der Waals surface area contributed by atoms with Crippen LogP contribution in [0.1, 0.15) is 32.7 Å². The zero-order chi connectivity index (χ0) is 26.9. The normalized spacial score (nSPS) is 11.5. The first kappa shape index (κ1) is 25.9. The molecule has 0 aliphatic carbocycles. The number of carbonyl (C=O) groups is 2. The van der Waals surface area contributed by atoms with Gasteiger partial charge in [-0.15, -0.1) is 0 Å². The fourth-order valence-electron chi connectivity index (χ4n) is 4.05. The third-order valence-electron chi connectivity index (χ3n) is 5.83. The molecule has 0 bridgehead atoms. The summed E-state index contributed by atoms with van der Waals surface area (Å²) < 4.78 is 77.6. The van der Waals surface area contributed by atoms with Gasteiger partial charge in [-0.2, -0.15) is 13.2 Å². The van der Waals surface area contributed by atoms with Crippen molar-refractivity contribution in [2.24, 2.45) is 0 Å². The van der Waals surface area contributed by atoms with E-state index in [0.717, 1.165) is 13.2 Å². The Balaban J connectivity index is 2.00. The molecule has 0 unspecified atom stereocenters. The molecule has 0 fully saturated rings. The number of furan rings is 1. The van der Waals surface area contributed by atoms with Crippen molar-refractivity contribution in [1.82, 2.24) is 5.32 Å². The Hall–Kier alpha value is -4.21. The molecule has 1 aromatic heterocycles. The van der Waals surface area contributed by atoms with Crippen LogP contribution in [0.15, 0.2) is 59.0 Å². The van der Waals surface area contributed by atoms with E-state index in [0.29, 0.717) is 5.56 Å². The molecular formula is C27H20F5NO4. The summed E-state index contributed by atoms with van der Waals surface area (Å²) in [6.45, 7) is 0. The van der Waals surface area contributed by atoms with Crippen molar-refractivity contribution in [2.45, 2.75) is 19.0 Å². The first-order valence-electron chi connectivity index (χ1n) is 11.0. The number of methoxy groups -OCH3 is 1. The molecule has 3 aromatic carbocycles. The second-order valence-electron chi connectivity index (χ2n) is 8.20. The zero-order valence-electron chi connectivity index (χ0n) is 19.6. The molecule has 1 amide bonds. The fourth-order valence-corrected chi connectivity index (χ4v) is 4.05. The van der Waals surface area contributed by atoms with Gasteiger partial charge in [-0.3, -0.25) is 4.79 Å². The van der Waals surface area contributed by atoms with E-state index >= 15 is 0 Å². The number of halogens is 5. The molecule has 1 heterocycles. The number of benzene rings is 3. The van der Waals surface area contributed by atoms with E-state index in [1.165, 1.54) is 55.6 Å². The number of hydrogen-bond donors (Lipinski definition) is 1. The molecule has 192 valence electrons. The van der Waals surface area contributed by atoms with Gasteiger partial charge in [0.1, 0.15) is 23.0 Å². The highest BCUT2D eigenvalue weighted by atomic mass is 19.4. The highest BCUT2D eigenvalue weighted by Gasteiger charge is 2.29. The number of carbonyl (C=O) groups excluding carboxylic acids is 2. The van der Waals surface area contributed by atoms with Crippen molar-refractivity contribution in [3.63, 3.8) is 0 Å². The second kappa shape index (κ2) is 10.0. The number of alkyl halides is 3. The third kappa shape index (κ3) is 5.32. The first-order valence-corrected chi connectivity index (χ1v) is 11.0. The van der Waals surface area contributed by atoms with E-state index < -0.39 is 48.1 Å². The summed E-state index contributed by atoms with van der Waals surface area (Å²) in [5.74, 6) is -2.76. The average molecular weight is 517 g/mol. The fraction of sp³-hybridized carbons (Fsp3) is 0.185. The largest absolute Gasteiger partial charge is 0.465 e. The van der Waals surface area contributed by atoms with Crippen molar-refractivity contribution in [3.05, 3.63) is 82.9 Å². The third-order valence-corrected chi connectivity index (χ3v) is 5.83. The predicted octanol–water partition coefficient (Wildman–Crippen LogP) is 6.69. The van der Waals surface area contributed by atoms with Crippen LogP contribution in [0.4, 0.5) is 22.0 Å². The highest BCUT2D eigenvalue weighted by molar-refractivity contribution is 6.12. The van der Waals surface area contributed by atoms with Gasteiger partial charge in [0.2, 0.25) is 0 Å². The van der Waals surface area contributed by atoms with Crippen LogP contribution < -0.4 is 5.32 Å². The zero-order valence-corrected chi connectivity index (χ0v) is 19.6. The van der Waals surface area contributed by atoms with Crippen LogP contribution in [0.5, 0.6) is 0 Å². The highest BCUT2D eigenvalue weighted by Crippen LogP contribution is 2.39. The molecule has 0 saturated heterocycles. The van der Waals surface area contributed by atoms with Gasteiger partial charge >= 0.3 is 12.1 Å². The van der Waals surface area contributed by atoms with E-state index in [-0.39, 0.29) is 39.0 Å². The van der Waals surface area contributed by atoms with E-state index in [1.807, 2.05) is 0 Å². The van der Waals surface area contributed by atoms with E-state index in [4.69, 9.17) is 4.42 Å². The minimum atomic E-state index is -4.46. The lowest BCUT2D eigenvalue weighted by molar-refractivity contribution is -0.133. The van der Waals surface area contributed by atoms with Crippen molar-refractivity contribution in [1.29, 1.82) is 0 Å². The lowest BCUT2D eigenvalue weighted by Gasteiger charge is -2.13.